The van der Waals surface area contributed by atoms with Crippen LogP contribution in [0.4, 0.5) is 5.69 Å². The molecule has 0 saturated heterocycles. The summed E-state index contributed by atoms with van der Waals surface area (Å²) in [4.78, 5) is 16.2. The molecular formula is C13H17BrN2O. The van der Waals surface area contributed by atoms with E-state index in [4.69, 9.17) is 0 Å². The molecule has 0 radical (unpaired) electrons. The van der Waals surface area contributed by atoms with E-state index in [2.05, 4.69) is 53.9 Å². The Morgan fingerprint density at radius 3 is 2.29 bits per heavy atom. The molecule has 17 heavy (non-hydrogen) atoms. The van der Waals surface area contributed by atoms with Crippen molar-refractivity contribution in [3.8, 4) is 0 Å². The molecule has 1 amide bonds. The van der Waals surface area contributed by atoms with Crippen molar-refractivity contribution >= 4 is 27.5 Å². The van der Waals surface area contributed by atoms with E-state index in [-0.39, 0.29) is 22.7 Å². The van der Waals surface area contributed by atoms with Gasteiger partial charge >= 0.3 is 0 Å². The zero-order chi connectivity index (χ0) is 12.8. The number of anilines is 1. The Balaban J connectivity index is 2.07. The topological polar surface area (TPSA) is 42.0 Å². The van der Waals surface area contributed by atoms with Gasteiger partial charge in [-0.05, 0) is 38.9 Å². The summed E-state index contributed by atoms with van der Waals surface area (Å²) < 4.78 is 0.766. The fourth-order valence-electron chi connectivity index (χ4n) is 2.52. The molecular weight excluding hydrogens is 280 g/mol. The number of rotatable bonds is 2. The Hall–Kier alpha value is -0.900. The van der Waals surface area contributed by atoms with Gasteiger partial charge in [0, 0.05) is 5.92 Å². The van der Waals surface area contributed by atoms with E-state index in [1.54, 1.807) is 6.20 Å². The molecule has 1 heterocycles. The molecule has 1 saturated carbocycles. The highest BCUT2D eigenvalue weighted by Crippen LogP contribution is 2.68. The second-order valence-corrected chi connectivity index (χ2v) is 6.55. The third-order valence-electron chi connectivity index (χ3n) is 4.28. The van der Waals surface area contributed by atoms with Crippen molar-refractivity contribution in [2.45, 2.75) is 27.7 Å². The van der Waals surface area contributed by atoms with Crippen LogP contribution in [0, 0.1) is 16.7 Å². The number of amides is 1. The molecule has 1 aliphatic carbocycles. The Morgan fingerprint density at radius 2 is 1.88 bits per heavy atom. The second kappa shape index (κ2) is 3.80. The van der Waals surface area contributed by atoms with Crippen molar-refractivity contribution in [1.82, 2.24) is 4.98 Å². The van der Waals surface area contributed by atoms with Gasteiger partial charge in [0.1, 0.15) is 4.60 Å². The van der Waals surface area contributed by atoms with E-state index in [0.717, 1.165) is 10.3 Å². The number of hydrogen-bond acceptors (Lipinski definition) is 2. The van der Waals surface area contributed by atoms with E-state index < -0.39 is 0 Å². The highest BCUT2D eigenvalue weighted by atomic mass is 79.9. The summed E-state index contributed by atoms with van der Waals surface area (Å²) in [5, 5.41) is 2.92. The van der Waals surface area contributed by atoms with Crippen LogP contribution in [0.1, 0.15) is 27.7 Å². The fraction of sp³-hybridized carbons (Fsp3) is 0.538. The molecule has 1 aromatic heterocycles. The molecule has 1 aliphatic rings. The van der Waals surface area contributed by atoms with Crippen LogP contribution < -0.4 is 5.32 Å². The first-order valence-electron chi connectivity index (χ1n) is 5.69. The average Bonchev–Trinajstić information content (AvgIpc) is 2.61. The highest BCUT2D eigenvalue weighted by molar-refractivity contribution is 9.10. The van der Waals surface area contributed by atoms with Gasteiger partial charge in [0.25, 0.3) is 0 Å². The first kappa shape index (κ1) is 12.6. The number of pyridine rings is 1. The van der Waals surface area contributed by atoms with Gasteiger partial charge in [0.2, 0.25) is 5.91 Å². The lowest BCUT2D eigenvalue weighted by atomic mass is 10.0. The summed E-state index contributed by atoms with van der Waals surface area (Å²) in [7, 11) is 0. The van der Waals surface area contributed by atoms with Gasteiger partial charge in [-0.15, -0.1) is 0 Å². The summed E-state index contributed by atoms with van der Waals surface area (Å²) >= 11 is 3.27. The Bertz CT molecular complexity index is 437. The van der Waals surface area contributed by atoms with E-state index in [0.29, 0.717) is 0 Å². The lowest BCUT2D eigenvalue weighted by Crippen LogP contribution is -2.17. The molecule has 0 unspecified atom stereocenters. The maximum absolute atomic E-state index is 12.1. The molecule has 0 bridgehead atoms. The molecule has 2 rings (SSSR count). The van der Waals surface area contributed by atoms with Crippen LogP contribution in [0.15, 0.2) is 22.9 Å². The van der Waals surface area contributed by atoms with E-state index in [9.17, 15) is 4.79 Å². The molecule has 1 aromatic rings. The summed E-state index contributed by atoms with van der Waals surface area (Å²) in [6.07, 6.45) is 1.66. The van der Waals surface area contributed by atoms with Gasteiger partial charge in [-0.3, -0.25) is 4.79 Å². The molecule has 4 heteroatoms. The minimum Gasteiger partial charge on any atom is -0.324 e. The maximum Gasteiger partial charge on any atom is 0.228 e. The third-order valence-corrected chi connectivity index (χ3v) is 4.75. The van der Waals surface area contributed by atoms with Crippen molar-refractivity contribution in [3.63, 3.8) is 0 Å². The van der Waals surface area contributed by atoms with Crippen molar-refractivity contribution in [1.29, 1.82) is 0 Å². The number of carbonyl (C=O) groups is 1. The quantitative estimate of drug-likeness (QED) is 0.849. The Labute approximate surface area is 110 Å². The molecule has 0 spiro atoms. The highest BCUT2D eigenvalue weighted by Gasteiger charge is 2.68. The SMILES string of the molecule is CC1(C)C(C(=O)Nc2ccc(Br)nc2)C1(C)C. The molecule has 1 fully saturated rings. The predicted octanol–water partition coefficient (Wildman–Crippen LogP) is 3.46. The minimum atomic E-state index is 0.0682. The van der Waals surface area contributed by atoms with E-state index in [1.165, 1.54) is 0 Å². The van der Waals surface area contributed by atoms with Crippen LogP contribution in [-0.2, 0) is 4.79 Å². The largest absolute Gasteiger partial charge is 0.324 e. The lowest BCUT2D eigenvalue weighted by Gasteiger charge is -2.05. The second-order valence-electron chi connectivity index (χ2n) is 5.74. The number of nitrogens with zero attached hydrogens (tertiary/aromatic N) is 1. The standard InChI is InChI=1S/C13H17BrN2O/c1-12(2)10(13(12,3)4)11(17)16-8-5-6-9(14)15-7-8/h5-7,10H,1-4H3,(H,16,17). The first-order valence-corrected chi connectivity index (χ1v) is 6.48. The minimum absolute atomic E-state index is 0.0682. The molecule has 92 valence electrons. The van der Waals surface area contributed by atoms with Crippen molar-refractivity contribution in [2.24, 2.45) is 16.7 Å². The van der Waals surface area contributed by atoms with E-state index in [1.807, 2.05) is 12.1 Å². The van der Waals surface area contributed by atoms with Crippen LogP contribution in [0.3, 0.4) is 0 Å². The van der Waals surface area contributed by atoms with Gasteiger partial charge < -0.3 is 5.32 Å². The molecule has 3 nitrogen and oxygen atoms in total. The normalized spacial score (nSPS) is 21.0. The van der Waals surface area contributed by atoms with Gasteiger partial charge in [-0.25, -0.2) is 4.98 Å². The first-order chi connectivity index (χ1) is 7.76. The average molecular weight is 297 g/mol. The van der Waals surface area contributed by atoms with Crippen molar-refractivity contribution < 1.29 is 4.79 Å². The van der Waals surface area contributed by atoms with Gasteiger partial charge in [0.15, 0.2) is 0 Å². The zero-order valence-corrected chi connectivity index (χ0v) is 12.1. The van der Waals surface area contributed by atoms with Crippen molar-refractivity contribution in [3.05, 3.63) is 22.9 Å². The van der Waals surface area contributed by atoms with Crippen LogP contribution in [0.25, 0.3) is 0 Å². The molecule has 0 aromatic carbocycles. The maximum atomic E-state index is 12.1. The number of carbonyl (C=O) groups excluding carboxylic acids is 1. The number of nitrogens with one attached hydrogen (secondary N) is 1. The Kier molecular flexibility index (Phi) is 2.81. The predicted molar refractivity (Wildman–Crippen MR) is 71.6 cm³/mol. The van der Waals surface area contributed by atoms with Gasteiger partial charge in [-0.1, -0.05) is 27.7 Å². The Morgan fingerprint density at radius 1 is 1.29 bits per heavy atom. The summed E-state index contributed by atoms with van der Waals surface area (Å²) in [6.45, 7) is 8.54. The zero-order valence-electron chi connectivity index (χ0n) is 10.5. The number of halogens is 1. The monoisotopic (exact) mass is 296 g/mol. The number of aromatic nitrogens is 1. The molecule has 1 N–H and O–H groups in total. The van der Waals surface area contributed by atoms with Gasteiger partial charge in [0.05, 0.1) is 11.9 Å². The van der Waals surface area contributed by atoms with Crippen molar-refractivity contribution in [2.75, 3.05) is 5.32 Å². The summed E-state index contributed by atoms with van der Waals surface area (Å²) in [5.74, 6) is 0.155. The molecule has 0 atom stereocenters. The fourth-order valence-corrected chi connectivity index (χ4v) is 2.75. The molecule has 0 aliphatic heterocycles. The summed E-state index contributed by atoms with van der Waals surface area (Å²) in [5.41, 5.74) is 0.886. The van der Waals surface area contributed by atoms with E-state index >= 15 is 0 Å². The van der Waals surface area contributed by atoms with Gasteiger partial charge in [-0.2, -0.15) is 0 Å². The third kappa shape index (κ3) is 1.99. The lowest BCUT2D eigenvalue weighted by molar-refractivity contribution is -0.118. The smallest absolute Gasteiger partial charge is 0.228 e. The summed E-state index contributed by atoms with van der Waals surface area (Å²) in [6, 6.07) is 3.66. The van der Waals surface area contributed by atoms with Crippen LogP contribution in [-0.4, -0.2) is 10.9 Å². The van der Waals surface area contributed by atoms with Crippen LogP contribution in [0.5, 0.6) is 0 Å². The van der Waals surface area contributed by atoms with Crippen LogP contribution in [0.2, 0.25) is 0 Å². The van der Waals surface area contributed by atoms with Crippen LogP contribution >= 0.6 is 15.9 Å². The number of hydrogen-bond donors (Lipinski definition) is 1.